The summed E-state index contributed by atoms with van der Waals surface area (Å²) in [5.74, 6) is 3.00. The van der Waals surface area contributed by atoms with Crippen LogP contribution >= 0.6 is 11.8 Å². The molecule has 1 fully saturated rings. The predicted octanol–water partition coefficient (Wildman–Crippen LogP) is 3.65. The van der Waals surface area contributed by atoms with Crippen molar-refractivity contribution in [2.45, 2.75) is 6.54 Å². The fraction of sp³-hybridized carbons (Fsp3) is 0.238. The summed E-state index contributed by atoms with van der Waals surface area (Å²) in [6.45, 7) is 3.09. The lowest BCUT2D eigenvalue weighted by molar-refractivity contribution is 0.295. The van der Waals surface area contributed by atoms with Crippen molar-refractivity contribution in [3.05, 3.63) is 76.6 Å². The van der Waals surface area contributed by atoms with Gasteiger partial charge in [-0.25, -0.2) is 4.98 Å². The first-order valence-electron chi connectivity index (χ1n) is 8.85. The minimum Gasteiger partial charge on any atom is -0.306 e. The molecule has 26 heavy (non-hydrogen) atoms. The Morgan fingerprint density at radius 1 is 1.00 bits per heavy atom. The van der Waals surface area contributed by atoms with E-state index in [9.17, 15) is 4.79 Å². The molecule has 0 aliphatic carbocycles. The topological polar surface area (TPSA) is 49.0 Å². The minimum absolute atomic E-state index is 0.127. The van der Waals surface area contributed by atoms with Crippen LogP contribution in [0.25, 0.3) is 22.6 Å². The van der Waals surface area contributed by atoms with E-state index < -0.39 is 0 Å². The molecule has 0 amide bonds. The van der Waals surface area contributed by atoms with E-state index in [-0.39, 0.29) is 5.56 Å². The molecule has 132 valence electrons. The van der Waals surface area contributed by atoms with Crippen molar-refractivity contribution >= 4 is 11.8 Å². The number of aromatic amines is 1. The van der Waals surface area contributed by atoms with Crippen molar-refractivity contribution in [2.24, 2.45) is 0 Å². The first-order chi connectivity index (χ1) is 12.8. The lowest BCUT2D eigenvalue weighted by Gasteiger charge is -2.26. The van der Waals surface area contributed by atoms with E-state index in [4.69, 9.17) is 4.98 Å². The van der Waals surface area contributed by atoms with Crippen LogP contribution in [-0.2, 0) is 6.54 Å². The zero-order chi connectivity index (χ0) is 17.8. The number of aromatic nitrogens is 2. The molecule has 3 aromatic rings. The number of benzene rings is 2. The van der Waals surface area contributed by atoms with Crippen LogP contribution in [0.5, 0.6) is 0 Å². The van der Waals surface area contributed by atoms with E-state index in [0.717, 1.165) is 30.8 Å². The van der Waals surface area contributed by atoms with Gasteiger partial charge in [0.1, 0.15) is 5.82 Å². The Bertz CT molecular complexity index is 933. The molecule has 0 spiro atoms. The summed E-state index contributed by atoms with van der Waals surface area (Å²) in [4.78, 5) is 22.4. The van der Waals surface area contributed by atoms with Crippen LogP contribution < -0.4 is 5.56 Å². The molecule has 1 saturated heterocycles. The Kier molecular flexibility index (Phi) is 5.18. The van der Waals surface area contributed by atoms with Gasteiger partial charge in [-0.05, 0) is 5.56 Å². The second-order valence-electron chi connectivity index (χ2n) is 6.39. The smallest absolute Gasteiger partial charge is 0.251 e. The van der Waals surface area contributed by atoms with E-state index in [1.54, 1.807) is 6.07 Å². The fourth-order valence-electron chi connectivity index (χ4n) is 3.23. The summed E-state index contributed by atoms with van der Waals surface area (Å²) >= 11 is 2.01. The molecule has 2 aromatic carbocycles. The molecule has 2 heterocycles. The molecule has 1 aliphatic heterocycles. The maximum absolute atomic E-state index is 12.3. The highest BCUT2D eigenvalue weighted by atomic mass is 32.2. The molecule has 1 aromatic heterocycles. The largest absolute Gasteiger partial charge is 0.306 e. The van der Waals surface area contributed by atoms with Gasteiger partial charge >= 0.3 is 0 Å². The SMILES string of the molecule is O=c1cc(-c2ccccc2)nc(-c2ccccc2CN2CCSCC2)[nH]1. The van der Waals surface area contributed by atoms with Gasteiger partial charge in [-0.15, -0.1) is 0 Å². The minimum atomic E-state index is -0.127. The van der Waals surface area contributed by atoms with E-state index in [1.807, 2.05) is 54.2 Å². The van der Waals surface area contributed by atoms with Crippen LogP contribution in [0.15, 0.2) is 65.5 Å². The number of H-pyrrole nitrogens is 1. The highest BCUT2D eigenvalue weighted by Crippen LogP contribution is 2.24. The van der Waals surface area contributed by atoms with Crippen LogP contribution in [0.3, 0.4) is 0 Å². The summed E-state index contributed by atoms with van der Waals surface area (Å²) in [7, 11) is 0. The number of rotatable bonds is 4. The highest BCUT2D eigenvalue weighted by Gasteiger charge is 2.15. The van der Waals surface area contributed by atoms with E-state index in [1.165, 1.54) is 17.1 Å². The van der Waals surface area contributed by atoms with Crippen LogP contribution in [0, 0.1) is 0 Å². The first kappa shape index (κ1) is 17.1. The summed E-state index contributed by atoms with van der Waals surface area (Å²) in [6.07, 6.45) is 0. The maximum atomic E-state index is 12.3. The van der Waals surface area contributed by atoms with E-state index >= 15 is 0 Å². The van der Waals surface area contributed by atoms with Crippen molar-refractivity contribution in [3.63, 3.8) is 0 Å². The lowest BCUT2D eigenvalue weighted by atomic mass is 10.1. The van der Waals surface area contributed by atoms with E-state index in [0.29, 0.717) is 11.5 Å². The van der Waals surface area contributed by atoms with Gasteiger partial charge in [0.15, 0.2) is 0 Å². The van der Waals surface area contributed by atoms with Crippen LogP contribution in [-0.4, -0.2) is 39.5 Å². The average molecular weight is 363 g/mol. The number of hydrogen-bond donors (Lipinski definition) is 1. The maximum Gasteiger partial charge on any atom is 0.251 e. The van der Waals surface area contributed by atoms with Crippen molar-refractivity contribution in [1.82, 2.24) is 14.9 Å². The Morgan fingerprint density at radius 2 is 1.73 bits per heavy atom. The van der Waals surface area contributed by atoms with Crippen LogP contribution in [0.1, 0.15) is 5.56 Å². The molecule has 0 radical (unpaired) electrons. The summed E-state index contributed by atoms with van der Waals surface area (Å²) in [6, 6.07) is 19.6. The van der Waals surface area contributed by atoms with Gasteiger partial charge in [-0.2, -0.15) is 11.8 Å². The van der Waals surface area contributed by atoms with Crippen molar-refractivity contribution in [1.29, 1.82) is 0 Å². The van der Waals surface area contributed by atoms with Crippen LogP contribution in [0.2, 0.25) is 0 Å². The van der Waals surface area contributed by atoms with Gasteiger partial charge < -0.3 is 4.98 Å². The van der Waals surface area contributed by atoms with Crippen molar-refractivity contribution < 1.29 is 0 Å². The number of thioether (sulfide) groups is 1. The van der Waals surface area contributed by atoms with Crippen molar-refractivity contribution in [2.75, 3.05) is 24.6 Å². The second kappa shape index (κ2) is 7.89. The molecule has 5 heteroatoms. The summed E-state index contributed by atoms with van der Waals surface area (Å²) < 4.78 is 0. The molecule has 0 unspecified atom stereocenters. The third-order valence-corrected chi connectivity index (χ3v) is 5.52. The highest BCUT2D eigenvalue weighted by molar-refractivity contribution is 7.99. The molecule has 1 aliphatic rings. The molecular weight excluding hydrogens is 342 g/mol. The first-order valence-corrected chi connectivity index (χ1v) is 10.0. The predicted molar refractivity (Wildman–Crippen MR) is 108 cm³/mol. The molecular formula is C21H21N3OS. The van der Waals surface area contributed by atoms with Gasteiger partial charge in [-0.3, -0.25) is 9.69 Å². The normalized spacial score (nSPS) is 15.1. The molecule has 4 rings (SSSR count). The lowest BCUT2D eigenvalue weighted by Crippen LogP contribution is -2.32. The second-order valence-corrected chi connectivity index (χ2v) is 7.62. The average Bonchev–Trinajstić information content (AvgIpc) is 2.69. The monoisotopic (exact) mass is 363 g/mol. The fourth-order valence-corrected chi connectivity index (χ4v) is 4.21. The third-order valence-electron chi connectivity index (χ3n) is 4.58. The van der Waals surface area contributed by atoms with Gasteiger partial charge in [0.2, 0.25) is 0 Å². The molecule has 0 atom stereocenters. The number of hydrogen-bond acceptors (Lipinski definition) is 4. The van der Waals surface area contributed by atoms with Gasteiger partial charge in [0.25, 0.3) is 5.56 Å². The molecule has 1 N–H and O–H groups in total. The summed E-state index contributed by atoms with van der Waals surface area (Å²) in [5, 5.41) is 0. The van der Waals surface area contributed by atoms with Gasteiger partial charge in [0, 0.05) is 48.3 Å². The zero-order valence-electron chi connectivity index (χ0n) is 14.5. The Labute approximate surface area is 157 Å². The Hall–Kier alpha value is -2.37. The standard InChI is InChI=1S/C21H21N3OS/c25-20-14-19(16-6-2-1-3-7-16)22-21(23-20)18-9-5-4-8-17(18)15-24-10-12-26-13-11-24/h1-9,14H,10-13,15H2,(H,22,23,25). The Morgan fingerprint density at radius 3 is 2.54 bits per heavy atom. The van der Waals surface area contributed by atoms with Gasteiger partial charge in [-0.1, -0.05) is 54.6 Å². The number of nitrogens with one attached hydrogen (secondary N) is 1. The van der Waals surface area contributed by atoms with Crippen LogP contribution in [0.4, 0.5) is 0 Å². The Balaban J connectivity index is 1.71. The quantitative estimate of drug-likeness (QED) is 0.769. The number of nitrogens with zero attached hydrogens (tertiary/aromatic N) is 2. The third kappa shape index (κ3) is 3.89. The summed E-state index contributed by atoms with van der Waals surface area (Å²) in [5.41, 5.74) is 3.73. The molecule has 4 nitrogen and oxygen atoms in total. The molecule has 0 saturated carbocycles. The van der Waals surface area contributed by atoms with E-state index in [2.05, 4.69) is 22.0 Å². The molecule has 0 bridgehead atoms. The zero-order valence-corrected chi connectivity index (χ0v) is 15.3. The van der Waals surface area contributed by atoms with Crippen molar-refractivity contribution in [3.8, 4) is 22.6 Å². The van der Waals surface area contributed by atoms with Gasteiger partial charge in [0.05, 0.1) is 5.69 Å².